The molecule has 31 heavy (non-hydrogen) atoms. The number of hydrogen-bond donors (Lipinski definition) is 1. The molecule has 0 radical (unpaired) electrons. The number of nitriles is 1. The van der Waals surface area contributed by atoms with E-state index in [1.54, 1.807) is 4.72 Å². The van der Waals surface area contributed by atoms with Gasteiger partial charge in [-0.25, -0.2) is 18.4 Å². The molecule has 0 aliphatic heterocycles. The van der Waals surface area contributed by atoms with Crippen LogP contribution in [0.2, 0.25) is 0 Å². The van der Waals surface area contributed by atoms with Gasteiger partial charge in [0.2, 0.25) is 10.0 Å². The maximum absolute atomic E-state index is 12.7. The van der Waals surface area contributed by atoms with Crippen molar-refractivity contribution in [2.75, 3.05) is 0 Å². The van der Waals surface area contributed by atoms with Gasteiger partial charge in [0.25, 0.3) is 0 Å². The highest BCUT2D eigenvalue weighted by Gasteiger charge is 2.39. The molecule has 164 valence electrons. The Labute approximate surface area is 177 Å². The third-order valence-corrected chi connectivity index (χ3v) is 6.26. The normalized spacial score (nSPS) is 13.5. The molecule has 0 saturated heterocycles. The average Bonchev–Trinajstić information content (AvgIpc) is 3.00. The van der Waals surface area contributed by atoms with Crippen LogP contribution in [0, 0.1) is 18.3 Å². The summed E-state index contributed by atoms with van der Waals surface area (Å²) in [6.07, 6.45) is -2.86. The van der Waals surface area contributed by atoms with E-state index in [0.717, 1.165) is 23.5 Å². The summed E-state index contributed by atoms with van der Waals surface area (Å²) in [5, 5.41) is 10.5. The largest absolute Gasteiger partial charge is 0.404 e. The fourth-order valence-electron chi connectivity index (χ4n) is 3.24. The van der Waals surface area contributed by atoms with Crippen molar-refractivity contribution in [2.45, 2.75) is 50.9 Å². The second-order valence-corrected chi connectivity index (χ2v) is 9.16. The molecule has 3 aromatic rings. The Kier molecular flexibility index (Phi) is 5.82. The number of benzene rings is 1. The first-order chi connectivity index (χ1) is 14.4. The van der Waals surface area contributed by atoms with Crippen LogP contribution in [0.25, 0.3) is 22.4 Å². The number of sulfonamides is 1. The quantitative estimate of drug-likeness (QED) is 0.630. The predicted molar refractivity (Wildman–Crippen MR) is 109 cm³/mol. The molecule has 2 aromatic heterocycles. The average molecular weight is 451 g/mol. The minimum atomic E-state index is -4.73. The van der Waals surface area contributed by atoms with E-state index in [4.69, 9.17) is 0 Å². The van der Waals surface area contributed by atoms with Gasteiger partial charge in [0.05, 0.1) is 23.5 Å². The van der Waals surface area contributed by atoms with Crippen molar-refractivity contribution >= 4 is 20.9 Å². The molecule has 3 rings (SSSR count). The fourth-order valence-corrected chi connectivity index (χ4v) is 4.36. The van der Waals surface area contributed by atoms with Gasteiger partial charge in [0, 0.05) is 11.4 Å². The third kappa shape index (κ3) is 4.26. The zero-order chi connectivity index (χ0) is 23.1. The first kappa shape index (κ1) is 22.7. The van der Waals surface area contributed by atoms with E-state index in [-0.39, 0.29) is 11.9 Å². The highest BCUT2D eigenvalue weighted by molar-refractivity contribution is 7.89. The Morgan fingerprint density at radius 3 is 2.29 bits per heavy atom. The number of nitrogens with one attached hydrogen (secondary N) is 1. The van der Waals surface area contributed by atoms with Crippen LogP contribution in [0.4, 0.5) is 13.2 Å². The number of aryl methyl sites for hydroxylation is 1. The molecule has 0 saturated carbocycles. The molecular formula is C20H20F3N5O2S. The van der Waals surface area contributed by atoms with Crippen LogP contribution < -0.4 is 4.72 Å². The Bertz CT molecular complexity index is 1270. The molecule has 1 N–H and O–H groups in total. The first-order valence-electron chi connectivity index (χ1n) is 9.33. The molecule has 0 aliphatic rings. The van der Waals surface area contributed by atoms with Crippen LogP contribution in [0.15, 0.2) is 35.5 Å². The Morgan fingerprint density at radius 1 is 1.16 bits per heavy atom. The minimum absolute atomic E-state index is 0.0661. The lowest BCUT2D eigenvalue weighted by Gasteiger charge is -2.17. The second kappa shape index (κ2) is 7.94. The molecule has 0 amide bonds. The van der Waals surface area contributed by atoms with Crippen LogP contribution in [-0.4, -0.2) is 35.2 Å². The molecule has 0 fully saturated rings. The summed E-state index contributed by atoms with van der Waals surface area (Å²) in [4.78, 5) is 7.64. The van der Waals surface area contributed by atoms with Crippen molar-refractivity contribution in [3.05, 3.63) is 41.7 Å². The summed E-state index contributed by atoms with van der Waals surface area (Å²) in [5.74, 6) is 0.0990. The molecule has 1 aromatic carbocycles. The third-order valence-electron chi connectivity index (χ3n) is 4.76. The Balaban J connectivity index is 2.11. The van der Waals surface area contributed by atoms with Gasteiger partial charge in [0.15, 0.2) is 5.82 Å². The topological polar surface area (TPSA) is 101 Å². The van der Waals surface area contributed by atoms with Crippen LogP contribution >= 0.6 is 0 Å². The van der Waals surface area contributed by atoms with Crippen molar-refractivity contribution in [2.24, 2.45) is 0 Å². The Hall–Kier alpha value is -2.97. The number of nitrogens with zero attached hydrogens (tertiary/aromatic N) is 4. The zero-order valence-electron chi connectivity index (χ0n) is 17.2. The monoisotopic (exact) mass is 451 g/mol. The summed E-state index contributed by atoms with van der Waals surface area (Å²) in [6.45, 7) is 6.45. The summed E-state index contributed by atoms with van der Waals surface area (Å²) < 4.78 is 66.1. The fraction of sp³-hybridized carbons (Fsp3) is 0.350. The molecule has 7 nitrogen and oxygen atoms in total. The van der Waals surface area contributed by atoms with Gasteiger partial charge in [0.1, 0.15) is 22.7 Å². The molecular weight excluding hydrogens is 431 g/mol. The number of hydrogen-bond acceptors (Lipinski definition) is 5. The van der Waals surface area contributed by atoms with Crippen molar-refractivity contribution in [3.8, 4) is 17.6 Å². The molecule has 0 aliphatic carbocycles. The zero-order valence-corrected chi connectivity index (χ0v) is 18.0. The SMILES string of the molecule is Cc1ccc2c(c1)c(C#N)c(-c1ncc(S(=O)(=O)NC(C)C(F)(F)F)cn1)n2C(C)C. The summed E-state index contributed by atoms with van der Waals surface area (Å²) >= 11 is 0. The van der Waals surface area contributed by atoms with Gasteiger partial charge < -0.3 is 4.57 Å². The van der Waals surface area contributed by atoms with E-state index < -0.39 is 27.1 Å². The minimum Gasteiger partial charge on any atom is -0.334 e. The van der Waals surface area contributed by atoms with Gasteiger partial charge in [-0.1, -0.05) is 11.6 Å². The lowest BCUT2D eigenvalue weighted by atomic mass is 10.1. The van der Waals surface area contributed by atoms with Gasteiger partial charge >= 0.3 is 6.18 Å². The number of alkyl halides is 3. The number of aromatic nitrogens is 3. The van der Waals surface area contributed by atoms with Crippen LogP contribution in [0.1, 0.15) is 37.9 Å². The summed E-state index contributed by atoms with van der Waals surface area (Å²) in [6, 6.07) is 5.51. The van der Waals surface area contributed by atoms with Crippen LogP contribution in [0.5, 0.6) is 0 Å². The maximum Gasteiger partial charge on any atom is 0.404 e. The van der Waals surface area contributed by atoms with Crippen molar-refractivity contribution in [3.63, 3.8) is 0 Å². The molecule has 0 spiro atoms. The van der Waals surface area contributed by atoms with Crippen LogP contribution in [-0.2, 0) is 10.0 Å². The van der Waals surface area contributed by atoms with Gasteiger partial charge in [-0.15, -0.1) is 0 Å². The highest BCUT2D eigenvalue weighted by Crippen LogP contribution is 2.35. The van der Waals surface area contributed by atoms with Crippen molar-refractivity contribution in [1.29, 1.82) is 5.26 Å². The number of fused-ring (bicyclic) bond motifs is 1. The lowest BCUT2D eigenvalue weighted by molar-refractivity contribution is -0.147. The molecule has 1 atom stereocenters. The van der Waals surface area contributed by atoms with Gasteiger partial charge in [-0.3, -0.25) is 0 Å². The second-order valence-electron chi connectivity index (χ2n) is 7.45. The predicted octanol–water partition coefficient (Wildman–Crippen LogP) is 4.09. The number of rotatable bonds is 5. The van der Waals surface area contributed by atoms with E-state index in [0.29, 0.717) is 23.6 Å². The Morgan fingerprint density at radius 2 is 1.77 bits per heavy atom. The molecule has 11 heteroatoms. The standard InChI is InChI=1S/C20H20F3N5O2S/c1-11(2)28-17-6-5-12(3)7-15(17)16(8-24)18(28)19-25-9-14(10-26-19)31(29,30)27-13(4)20(21,22)23/h5-7,9-11,13,27H,1-4H3. The van der Waals surface area contributed by atoms with Gasteiger partial charge in [-0.05, 0) is 39.8 Å². The summed E-state index contributed by atoms with van der Waals surface area (Å²) in [7, 11) is -4.48. The number of halogens is 3. The van der Waals surface area contributed by atoms with Crippen molar-refractivity contribution < 1.29 is 21.6 Å². The smallest absolute Gasteiger partial charge is 0.334 e. The van der Waals surface area contributed by atoms with E-state index in [2.05, 4.69) is 16.0 Å². The van der Waals surface area contributed by atoms with Gasteiger partial charge in [-0.2, -0.15) is 23.2 Å². The summed E-state index contributed by atoms with van der Waals surface area (Å²) in [5.41, 5.74) is 2.52. The highest BCUT2D eigenvalue weighted by atomic mass is 32.2. The first-order valence-corrected chi connectivity index (χ1v) is 10.8. The molecule has 0 bridgehead atoms. The molecule has 1 unspecified atom stereocenters. The maximum atomic E-state index is 12.7. The van der Waals surface area contributed by atoms with E-state index in [1.807, 2.05) is 43.5 Å². The molecule has 2 heterocycles. The van der Waals surface area contributed by atoms with E-state index in [1.165, 1.54) is 0 Å². The lowest BCUT2D eigenvalue weighted by Crippen LogP contribution is -2.43. The van der Waals surface area contributed by atoms with Crippen molar-refractivity contribution in [1.82, 2.24) is 19.3 Å². The van der Waals surface area contributed by atoms with E-state index in [9.17, 15) is 26.9 Å². The van der Waals surface area contributed by atoms with Crippen LogP contribution in [0.3, 0.4) is 0 Å². The van der Waals surface area contributed by atoms with E-state index >= 15 is 0 Å².